The van der Waals surface area contributed by atoms with Crippen molar-refractivity contribution >= 4 is 27.2 Å². The average Bonchev–Trinajstić information content (AvgIpc) is 2.91. The number of hydrogen-bond donors (Lipinski definition) is 1. The molecule has 1 aromatic carbocycles. The molecule has 0 fully saturated rings. The normalized spacial score (nSPS) is 11.7. The smallest absolute Gasteiger partial charge is 0.218 e. The van der Waals surface area contributed by atoms with Crippen molar-refractivity contribution in [1.29, 1.82) is 0 Å². The van der Waals surface area contributed by atoms with E-state index in [2.05, 4.69) is 0 Å². The summed E-state index contributed by atoms with van der Waals surface area (Å²) in [7, 11) is -1.92. The van der Waals surface area contributed by atoms with E-state index in [9.17, 15) is 8.42 Å². The molecule has 0 amide bonds. The Morgan fingerprint density at radius 2 is 2.10 bits per heavy atom. The fourth-order valence-electron chi connectivity index (χ4n) is 1.86. The predicted octanol–water partition coefficient (Wildman–Crippen LogP) is 1.88. The SMILES string of the molecule is CN(Cc1ccco1)S(=O)(=O)Cc1cccc(C(N)=S)c1. The van der Waals surface area contributed by atoms with E-state index in [0.717, 1.165) is 0 Å². The molecular formula is C14H16N2O3S2. The van der Waals surface area contributed by atoms with E-state index in [1.807, 2.05) is 0 Å². The van der Waals surface area contributed by atoms with E-state index < -0.39 is 10.0 Å². The monoisotopic (exact) mass is 324 g/mol. The van der Waals surface area contributed by atoms with Crippen molar-refractivity contribution < 1.29 is 12.8 Å². The van der Waals surface area contributed by atoms with Crippen LogP contribution in [0.15, 0.2) is 47.1 Å². The van der Waals surface area contributed by atoms with E-state index in [0.29, 0.717) is 16.9 Å². The van der Waals surface area contributed by atoms with Gasteiger partial charge in [-0.15, -0.1) is 0 Å². The third-order valence-electron chi connectivity index (χ3n) is 2.99. The first-order valence-corrected chi connectivity index (χ1v) is 8.25. The van der Waals surface area contributed by atoms with E-state index >= 15 is 0 Å². The predicted molar refractivity (Wildman–Crippen MR) is 85.1 cm³/mol. The number of furan rings is 1. The van der Waals surface area contributed by atoms with Gasteiger partial charge in [0.2, 0.25) is 10.0 Å². The molecule has 2 rings (SSSR count). The fourth-order valence-corrected chi connectivity index (χ4v) is 3.13. The van der Waals surface area contributed by atoms with Crippen molar-refractivity contribution in [2.75, 3.05) is 7.05 Å². The second-order valence-corrected chi connectivity index (χ2v) is 7.17. The molecule has 21 heavy (non-hydrogen) atoms. The molecule has 7 heteroatoms. The maximum absolute atomic E-state index is 12.3. The van der Waals surface area contributed by atoms with Gasteiger partial charge in [0, 0.05) is 12.6 Å². The standard InChI is InChI=1S/C14H16N2O3S2/c1-16(9-13-6-3-7-19-13)21(17,18)10-11-4-2-5-12(8-11)14(15)20/h2-8H,9-10H2,1H3,(H2,15,20). The Balaban J connectivity index is 2.13. The lowest BCUT2D eigenvalue weighted by atomic mass is 10.1. The number of benzene rings is 1. The zero-order valence-corrected chi connectivity index (χ0v) is 13.2. The third-order valence-corrected chi connectivity index (χ3v) is 5.01. The van der Waals surface area contributed by atoms with E-state index in [4.69, 9.17) is 22.4 Å². The number of thiocarbonyl (C=S) groups is 1. The van der Waals surface area contributed by atoms with Crippen LogP contribution in [0.4, 0.5) is 0 Å². The molecule has 0 radical (unpaired) electrons. The summed E-state index contributed by atoms with van der Waals surface area (Å²) in [5, 5.41) is 0. The van der Waals surface area contributed by atoms with Crippen LogP contribution in [0.1, 0.15) is 16.9 Å². The molecule has 2 aromatic rings. The van der Waals surface area contributed by atoms with Crippen molar-refractivity contribution in [3.8, 4) is 0 Å². The van der Waals surface area contributed by atoms with Crippen molar-refractivity contribution in [2.24, 2.45) is 5.73 Å². The van der Waals surface area contributed by atoms with Crippen LogP contribution >= 0.6 is 12.2 Å². The van der Waals surface area contributed by atoms with Gasteiger partial charge in [-0.05, 0) is 23.8 Å². The Labute approximate surface area is 129 Å². The number of rotatable bonds is 6. The van der Waals surface area contributed by atoms with Gasteiger partial charge in [-0.25, -0.2) is 8.42 Å². The summed E-state index contributed by atoms with van der Waals surface area (Å²) >= 11 is 4.90. The van der Waals surface area contributed by atoms with Gasteiger partial charge in [-0.3, -0.25) is 0 Å². The van der Waals surface area contributed by atoms with Gasteiger partial charge in [0.1, 0.15) is 10.7 Å². The number of sulfonamides is 1. The summed E-state index contributed by atoms with van der Waals surface area (Å²) < 4.78 is 31.1. The number of hydrogen-bond acceptors (Lipinski definition) is 4. The van der Waals surface area contributed by atoms with Crippen LogP contribution in [0.2, 0.25) is 0 Å². The first-order valence-electron chi connectivity index (χ1n) is 6.23. The average molecular weight is 324 g/mol. The Morgan fingerprint density at radius 3 is 2.71 bits per heavy atom. The zero-order valence-electron chi connectivity index (χ0n) is 11.5. The largest absolute Gasteiger partial charge is 0.468 e. The van der Waals surface area contributed by atoms with Crippen molar-refractivity contribution in [2.45, 2.75) is 12.3 Å². The Morgan fingerprint density at radius 1 is 1.33 bits per heavy atom. The molecule has 0 bridgehead atoms. The molecule has 0 atom stereocenters. The maximum atomic E-state index is 12.3. The lowest BCUT2D eigenvalue weighted by Gasteiger charge is -2.16. The van der Waals surface area contributed by atoms with Gasteiger partial charge in [-0.2, -0.15) is 4.31 Å². The van der Waals surface area contributed by atoms with E-state index in [1.54, 1.807) is 36.4 Å². The highest BCUT2D eigenvalue weighted by molar-refractivity contribution is 7.88. The van der Waals surface area contributed by atoms with Crippen LogP contribution in [-0.4, -0.2) is 24.8 Å². The molecule has 0 aliphatic heterocycles. The molecule has 0 saturated heterocycles. The quantitative estimate of drug-likeness (QED) is 0.821. The summed E-state index contributed by atoms with van der Waals surface area (Å²) in [4.78, 5) is 0.248. The van der Waals surface area contributed by atoms with Crippen LogP contribution in [0, 0.1) is 0 Å². The van der Waals surface area contributed by atoms with Crippen molar-refractivity contribution in [3.63, 3.8) is 0 Å². The summed E-state index contributed by atoms with van der Waals surface area (Å²) in [5.74, 6) is 0.485. The van der Waals surface area contributed by atoms with Gasteiger partial charge in [0.15, 0.2) is 0 Å². The number of nitrogens with zero attached hydrogens (tertiary/aromatic N) is 1. The molecule has 1 aromatic heterocycles. The summed E-state index contributed by atoms with van der Waals surface area (Å²) in [6, 6.07) is 10.4. The summed E-state index contributed by atoms with van der Waals surface area (Å²) in [6.45, 7) is 0.199. The highest BCUT2D eigenvalue weighted by Gasteiger charge is 2.20. The van der Waals surface area contributed by atoms with Gasteiger partial charge in [0.05, 0.1) is 18.6 Å². The Kier molecular flexibility index (Phi) is 4.76. The van der Waals surface area contributed by atoms with Crippen LogP contribution in [0.5, 0.6) is 0 Å². The fraction of sp³-hybridized carbons (Fsp3) is 0.214. The molecular weight excluding hydrogens is 308 g/mol. The number of nitrogens with two attached hydrogens (primary N) is 1. The lowest BCUT2D eigenvalue weighted by Crippen LogP contribution is -2.27. The molecule has 0 aliphatic carbocycles. The first kappa shape index (κ1) is 15.7. The van der Waals surface area contributed by atoms with E-state index in [1.165, 1.54) is 17.6 Å². The van der Waals surface area contributed by atoms with Crippen LogP contribution in [0.3, 0.4) is 0 Å². The van der Waals surface area contributed by atoms with Crippen LogP contribution < -0.4 is 5.73 Å². The van der Waals surface area contributed by atoms with Crippen molar-refractivity contribution in [1.82, 2.24) is 4.31 Å². The summed E-state index contributed by atoms with van der Waals surface area (Å²) in [6.07, 6.45) is 1.52. The van der Waals surface area contributed by atoms with Crippen LogP contribution in [0.25, 0.3) is 0 Å². The minimum atomic E-state index is -3.44. The molecule has 0 spiro atoms. The van der Waals surface area contributed by atoms with Gasteiger partial charge < -0.3 is 10.2 Å². The van der Waals surface area contributed by atoms with Gasteiger partial charge in [0.25, 0.3) is 0 Å². The Bertz CT molecular complexity index is 724. The molecule has 0 aliphatic rings. The third kappa shape index (κ3) is 4.13. The first-order chi connectivity index (χ1) is 9.88. The van der Waals surface area contributed by atoms with Gasteiger partial charge in [-0.1, -0.05) is 30.4 Å². The highest BCUT2D eigenvalue weighted by Crippen LogP contribution is 2.14. The van der Waals surface area contributed by atoms with E-state index in [-0.39, 0.29) is 17.3 Å². The topological polar surface area (TPSA) is 76.5 Å². The maximum Gasteiger partial charge on any atom is 0.218 e. The van der Waals surface area contributed by atoms with Gasteiger partial charge >= 0.3 is 0 Å². The minimum absolute atomic E-state index is 0.110. The molecule has 0 unspecified atom stereocenters. The zero-order chi connectivity index (χ0) is 15.5. The van der Waals surface area contributed by atoms with Crippen LogP contribution in [-0.2, 0) is 22.3 Å². The summed E-state index contributed by atoms with van der Waals surface area (Å²) in [5.41, 5.74) is 6.86. The molecule has 5 nitrogen and oxygen atoms in total. The molecule has 1 heterocycles. The minimum Gasteiger partial charge on any atom is -0.468 e. The molecule has 0 saturated carbocycles. The second kappa shape index (κ2) is 6.38. The highest BCUT2D eigenvalue weighted by atomic mass is 32.2. The van der Waals surface area contributed by atoms with Crippen molar-refractivity contribution in [3.05, 3.63) is 59.5 Å². The lowest BCUT2D eigenvalue weighted by molar-refractivity contribution is 0.406. The Hall–Kier alpha value is -1.70. The molecule has 2 N–H and O–H groups in total. The molecule has 112 valence electrons. The second-order valence-electron chi connectivity index (χ2n) is 4.66.